The Bertz CT molecular complexity index is 611. The van der Waals surface area contributed by atoms with E-state index in [1.807, 2.05) is 25.1 Å². The summed E-state index contributed by atoms with van der Waals surface area (Å²) in [5, 5.41) is 16.3. The zero-order chi connectivity index (χ0) is 15.4. The quantitative estimate of drug-likeness (QED) is 0.889. The lowest BCUT2D eigenvalue weighted by Crippen LogP contribution is -2.54. The topological polar surface area (TPSA) is 85.5 Å². The van der Waals surface area contributed by atoms with Gasteiger partial charge in [-0.25, -0.2) is 9.98 Å². The Morgan fingerprint density at radius 3 is 2.86 bits per heavy atom. The van der Waals surface area contributed by atoms with E-state index in [1.165, 1.54) is 12.8 Å². The lowest BCUT2D eigenvalue weighted by atomic mass is 9.96. The number of hydrogen-bond donors (Lipinski definition) is 2. The molecule has 1 aliphatic carbocycles. The summed E-state index contributed by atoms with van der Waals surface area (Å²) >= 11 is 0. The molecule has 0 aromatic carbocycles. The van der Waals surface area contributed by atoms with Crippen molar-refractivity contribution in [2.24, 2.45) is 9.98 Å². The molecule has 1 aliphatic heterocycles. The maximum Gasteiger partial charge on any atom is 0.229 e. The van der Waals surface area contributed by atoms with Crippen LogP contribution in [-0.2, 0) is 0 Å². The second kappa shape index (κ2) is 6.24. The minimum atomic E-state index is -0.993. The molecular formula is C16H20N6. The summed E-state index contributed by atoms with van der Waals surface area (Å²) in [5.41, 5.74) is 0.686. The van der Waals surface area contributed by atoms with Gasteiger partial charge in [-0.15, -0.1) is 0 Å². The van der Waals surface area contributed by atoms with Crippen molar-refractivity contribution in [3.8, 4) is 6.07 Å². The highest BCUT2D eigenvalue weighted by Crippen LogP contribution is 2.33. The summed E-state index contributed by atoms with van der Waals surface area (Å²) in [5.74, 6) is -0.813. The number of amidine groups is 1. The zero-order valence-electron chi connectivity index (χ0n) is 12.7. The van der Waals surface area contributed by atoms with Crippen LogP contribution in [0.15, 0.2) is 34.4 Å². The maximum absolute atomic E-state index is 9.76. The van der Waals surface area contributed by atoms with Gasteiger partial charge >= 0.3 is 0 Å². The SMILES string of the molecule is CC1=NC(NC2CCCC2)(C(C#N)c2ccccn2)N=CN1. The van der Waals surface area contributed by atoms with Crippen LogP contribution in [0.5, 0.6) is 0 Å². The first kappa shape index (κ1) is 14.7. The molecule has 2 heterocycles. The molecule has 6 heteroatoms. The Balaban J connectivity index is 1.98. The summed E-state index contributed by atoms with van der Waals surface area (Å²) in [6, 6.07) is 8.27. The van der Waals surface area contributed by atoms with E-state index in [-0.39, 0.29) is 0 Å². The molecule has 0 spiro atoms. The van der Waals surface area contributed by atoms with Gasteiger partial charge in [0, 0.05) is 12.2 Å². The molecule has 114 valence electrons. The molecule has 2 aliphatic rings. The van der Waals surface area contributed by atoms with E-state index in [1.54, 1.807) is 12.5 Å². The highest BCUT2D eigenvalue weighted by atomic mass is 15.4. The van der Waals surface area contributed by atoms with Gasteiger partial charge in [0.25, 0.3) is 0 Å². The van der Waals surface area contributed by atoms with Crippen LogP contribution >= 0.6 is 0 Å². The molecule has 22 heavy (non-hydrogen) atoms. The van der Waals surface area contributed by atoms with Gasteiger partial charge in [-0.05, 0) is 31.9 Å². The summed E-state index contributed by atoms with van der Waals surface area (Å²) < 4.78 is 0. The minimum absolute atomic E-state index is 0.339. The van der Waals surface area contributed by atoms with Gasteiger partial charge in [0.1, 0.15) is 11.8 Å². The fraction of sp³-hybridized carbons (Fsp3) is 0.500. The number of pyridine rings is 1. The summed E-state index contributed by atoms with van der Waals surface area (Å²) in [7, 11) is 0. The predicted octanol–water partition coefficient (Wildman–Crippen LogP) is 1.92. The second-order valence-electron chi connectivity index (χ2n) is 5.77. The normalized spacial score (nSPS) is 26.1. The molecule has 2 N–H and O–H groups in total. The Kier molecular flexibility index (Phi) is 4.16. The molecule has 0 bridgehead atoms. The van der Waals surface area contributed by atoms with E-state index in [2.05, 4.69) is 31.7 Å². The second-order valence-corrected chi connectivity index (χ2v) is 5.77. The maximum atomic E-state index is 9.76. The van der Waals surface area contributed by atoms with Crippen LogP contribution in [0.1, 0.15) is 44.2 Å². The van der Waals surface area contributed by atoms with Crippen LogP contribution in [0.3, 0.4) is 0 Å². The number of hydrogen-bond acceptors (Lipinski definition) is 6. The van der Waals surface area contributed by atoms with Gasteiger partial charge in [-0.3, -0.25) is 10.3 Å². The van der Waals surface area contributed by atoms with Gasteiger partial charge in [0.2, 0.25) is 5.79 Å². The van der Waals surface area contributed by atoms with Gasteiger partial charge < -0.3 is 5.32 Å². The van der Waals surface area contributed by atoms with E-state index in [0.29, 0.717) is 11.7 Å². The van der Waals surface area contributed by atoms with E-state index in [0.717, 1.165) is 18.7 Å². The predicted molar refractivity (Wildman–Crippen MR) is 85.5 cm³/mol. The largest absolute Gasteiger partial charge is 0.335 e. The number of nitrogens with one attached hydrogen (secondary N) is 2. The van der Waals surface area contributed by atoms with Crippen LogP contribution in [0, 0.1) is 11.3 Å². The van der Waals surface area contributed by atoms with Gasteiger partial charge in [0.05, 0.1) is 18.1 Å². The molecule has 0 saturated heterocycles. The molecule has 2 unspecified atom stereocenters. The van der Waals surface area contributed by atoms with Crippen LogP contribution in [0.4, 0.5) is 0 Å². The zero-order valence-corrected chi connectivity index (χ0v) is 12.7. The summed E-state index contributed by atoms with van der Waals surface area (Å²) in [4.78, 5) is 13.5. The first-order chi connectivity index (χ1) is 10.7. The standard InChI is InChI=1S/C16H20N6/c1-12-19-11-20-16(21-12,22-13-6-2-3-7-13)14(10-17)15-8-4-5-9-18-15/h4-5,8-9,11,13-14,22H,2-3,6-7H2,1H3,(H,19,20,21). The first-order valence-electron chi connectivity index (χ1n) is 7.68. The van der Waals surface area contributed by atoms with Crippen molar-refractivity contribution in [2.45, 2.75) is 50.4 Å². The first-order valence-corrected chi connectivity index (χ1v) is 7.68. The number of nitriles is 1. The molecule has 0 radical (unpaired) electrons. The smallest absolute Gasteiger partial charge is 0.229 e. The third kappa shape index (κ3) is 2.85. The molecule has 6 nitrogen and oxygen atoms in total. The number of nitrogens with zero attached hydrogens (tertiary/aromatic N) is 4. The van der Waals surface area contributed by atoms with Gasteiger partial charge in [0.15, 0.2) is 0 Å². The van der Waals surface area contributed by atoms with E-state index < -0.39 is 11.7 Å². The monoisotopic (exact) mass is 296 g/mol. The van der Waals surface area contributed by atoms with Crippen LogP contribution in [0.2, 0.25) is 0 Å². The Morgan fingerprint density at radius 2 is 2.23 bits per heavy atom. The van der Waals surface area contributed by atoms with Gasteiger partial charge in [-0.1, -0.05) is 18.9 Å². The highest BCUT2D eigenvalue weighted by Gasteiger charge is 2.43. The average Bonchev–Trinajstić information content (AvgIpc) is 3.01. The van der Waals surface area contributed by atoms with Crippen molar-refractivity contribution in [1.82, 2.24) is 15.6 Å². The lowest BCUT2D eigenvalue weighted by Gasteiger charge is -2.35. The van der Waals surface area contributed by atoms with Crippen molar-refractivity contribution in [3.05, 3.63) is 30.1 Å². The van der Waals surface area contributed by atoms with Crippen molar-refractivity contribution >= 4 is 12.2 Å². The number of rotatable bonds is 4. The Morgan fingerprint density at radius 1 is 1.41 bits per heavy atom. The fourth-order valence-electron chi connectivity index (χ4n) is 3.11. The lowest BCUT2D eigenvalue weighted by molar-refractivity contribution is 0.278. The van der Waals surface area contributed by atoms with Crippen LogP contribution in [-0.4, -0.2) is 29.0 Å². The molecule has 1 aromatic rings. The van der Waals surface area contributed by atoms with E-state index >= 15 is 0 Å². The third-order valence-corrected chi connectivity index (χ3v) is 4.16. The van der Waals surface area contributed by atoms with E-state index in [4.69, 9.17) is 0 Å². The fourth-order valence-corrected chi connectivity index (χ4v) is 3.11. The molecule has 1 aromatic heterocycles. The molecule has 1 saturated carbocycles. The Hall–Kier alpha value is -2.26. The van der Waals surface area contributed by atoms with Crippen LogP contribution < -0.4 is 10.6 Å². The van der Waals surface area contributed by atoms with Crippen molar-refractivity contribution in [1.29, 1.82) is 5.26 Å². The summed E-state index contributed by atoms with van der Waals surface area (Å²) in [6.07, 6.45) is 7.93. The Labute approximate surface area is 130 Å². The van der Waals surface area contributed by atoms with Crippen molar-refractivity contribution in [3.63, 3.8) is 0 Å². The molecule has 1 fully saturated rings. The number of aromatic nitrogens is 1. The van der Waals surface area contributed by atoms with E-state index in [9.17, 15) is 5.26 Å². The third-order valence-electron chi connectivity index (χ3n) is 4.16. The highest BCUT2D eigenvalue weighted by molar-refractivity contribution is 5.91. The van der Waals surface area contributed by atoms with Crippen molar-refractivity contribution in [2.75, 3.05) is 0 Å². The molecular weight excluding hydrogens is 276 g/mol. The molecule has 3 rings (SSSR count). The number of aliphatic imine (C=N–C) groups is 2. The van der Waals surface area contributed by atoms with Crippen LogP contribution in [0.25, 0.3) is 0 Å². The minimum Gasteiger partial charge on any atom is -0.335 e. The average molecular weight is 296 g/mol. The summed E-state index contributed by atoms with van der Waals surface area (Å²) in [6.45, 7) is 1.88. The molecule has 0 amide bonds. The van der Waals surface area contributed by atoms with Crippen molar-refractivity contribution < 1.29 is 0 Å². The molecule has 2 atom stereocenters. The van der Waals surface area contributed by atoms with Gasteiger partial charge in [-0.2, -0.15) is 5.26 Å².